The van der Waals surface area contributed by atoms with Crippen LogP contribution in [0.1, 0.15) is 20.3 Å². The van der Waals surface area contributed by atoms with Crippen LogP contribution in [0.4, 0.5) is 0 Å². The van der Waals surface area contributed by atoms with Crippen LogP contribution in [-0.4, -0.2) is 24.2 Å². The molecule has 0 unspecified atom stereocenters. The maximum absolute atomic E-state index is 10.4. The topological polar surface area (TPSA) is 49.3 Å². The fourth-order valence-corrected chi connectivity index (χ4v) is 0.767. The highest BCUT2D eigenvalue weighted by Crippen LogP contribution is 1.89. The summed E-state index contributed by atoms with van der Waals surface area (Å²) in [5.74, 6) is -0.852. The predicted molar refractivity (Wildman–Crippen MR) is 53.7 cm³/mol. The van der Waals surface area contributed by atoms with Crippen molar-refractivity contribution in [3.05, 3.63) is 23.8 Å². The quantitative estimate of drug-likeness (QED) is 0.373. The van der Waals surface area contributed by atoms with E-state index in [1.54, 1.807) is 13.0 Å². The Kier molecular flexibility index (Phi) is 6.92. The summed E-state index contributed by atoms with van der Waals surface area (Å²) in [5.41, 5.74) is 0.388. The van der Waals surface area contributed by atoms with Gasteiger partial charge in [0.2, 0.25) is 0 Å². The minimum Gasteiger partial charge on any atom is -0.478 e. The molecule has 0 aromatic carbocycles. The molecule has 0 rings (SSSR count). The molecule has 0 aliphatic rings. The number of allylic oxidation sites excluding steroid dienone is 1. The number of nitrogens with one attached hydrogen (secondary N) is 1. The van der Waals surface area contributed by atoms with Crippen LogP contribution < -0.4 is 5.32 Å². The maximum Gasteiger partial charge on any atom is 0.330 e. The summed E-state index contributed by atoms with van der Waals surface area (Å²) in [6, 6.07) is 0. The van der Waals surface area contributed by atoms with E-state index in [1.165, 1.54) is 0 Å². The van der Waals surface area contributed by atoms with Crippen molar-refractivity contribution in [1.82, 2.24) is 5.32 Å². The Morgan fingerprint density at radius 3 is 2.77 bits per heavy atom. The van der Waals surface area contributed by atoms with Gasteiger partial charge in [0.15, 0.2) is 0 Å². The van der Waals surface area contributed by atoms with Gasteiger partial charge in [-0.25, -0.2) is 4.79 Å². The summed E-state index contributed by atoms with van der Waals surface area (Å²) in [6.45, 7) is 5.08. The predicted octanol–water partition coefficient (Wildman–Crippen LogP) is 1.57. The fourth-order valence-electron chi connectivity index (χ4n) is 0.767. The maximum atomic E-state index is 10.4. The van der Waals surface area contributed by atoms with Crippen LogP contribution in [0.2, 0.25) is 0 Å². The van der Waals surface area contributed by atoms with E-state index in [0.717, 1.165) is 13.0 Å². The van der Waals surface area contributed by atoms with Crippen molar-refractivity contribution >= 4 is 5.97 Å². The Labute approximate surface area is 79.2 Å². The zero-order valence-corrected chi connectivity index (χ0v) is 8.21. The molecule has 0 aromatic rings. The van der Waals surface area contributed by atoms with Crippen molar-refractivity contribution in [3.8, 4) is 0 Å². The van der Waals surface area contributed by atoms with Gasteiger partial charge in [0, 0.05) is 12.1 Å². The van der Waals surface area contributed by atoms with Gasteiger partial charge >= 0.3 is 5.97 Å². The first-order valence-electron chi connectivity index (χ1n) is 4.40. The van der Waals surface area contributed by atoms with E-state index < -0.39 is 5.97 Å². The average Bonchev–Trinajstić information content (AvgIpc) is 2.10. The molecule has 13 heavy (non-hydrogen) atoms. The van der Waals surface area contributed by atoms with Crippen LogP contribution in [0, 0.1) is 0 Å². The van der Waals surface area contributed by atoms with E-state index in [9.17, 15) is 4.79 Å². The number of hydrogen-bond donors (Lipinski definition) is 2. The highest BCUT2D eigenvalue weighted by atomic mass is 16.4. The van der Waals surface area contributed by atoms with Crippen molar-refractivity contribution in [2.75, 3.05) is 13.1 Å². The number of rotatable bonds is 6. The fraction of sp³-hybridized carbons (Fsp3) is 0.500. The molecule has 0 fully saturated rings. The van der Waals surface area contributed by atoms with E-state index in [4.69, 9.17) is 5.11 Å². The van der Waals surface area contributed by atoms with Crippen LogP contribution >= 0.6 is 0 Å². The SMILES string of the molecule is C/C=C/CCNC/C=C(/C)C(=O)O. The molecule has 0 radical (unpaired) electrons. The molecule has 0 amide bonds. The number of aliphatic carboxylic acids is 1. The van der Waals surface area contributed by atoms with Crippen LogP contribution in [-0.2, 0) is 4.79 Å². The summed E-state index contributed by atoms with van der Waals surface area (Å²) < 4.78 is 0. The van der Waals surface area contributed by atoms with Gasteiger partial charge in [0.05, 0.1) is 0 Å². The van der Waals surface area contributed by atoms with Crippen molar-refractivity contribution in [2.24, 2.45) is 0 Å². The van der Waals surface area contributed by atoms with Crippen molar-refractivity contribution in [3.63, 3.8) is 0 Å². The summed E-state index contributed by atoms with van der Waals surface area (Å²) in [4.78, 5) is 10.4. The van der Waals surface area contributed by atoms with Crippen LogP contribution in [0.25, 0.3) is 0 Å². The number of carbonyl (C=O) groups is 1. The van der Waals surface area contributed by atoms with Crippen molar-refractivity contribution < 1.29 is 9.90 Å². The second kappa shape index (κ2) is 7.55. The number of hydrogen-bond acceptors (Lipinski definition) is 2. The van der Waals surface area contributed by atoms with E-state index in [0.29, 0.717) is 12.1 Å². The first-order chi connectivity index (χ1) is 6.18. The zero-order valence-electron chi connectivity index (χ0n) is 8.21. The molecular formula is C10H17NO2. The van der Waals surface area contributed by atoms with Gasteiger partial charge in [-0.15, -0.1) is 0 Å². The first-order valence-corrected chi connectivity index (χ1v) is 4.40. The summed E-state index contributed by atoms with van der Waals surface area (Å²) in [6.07, 6.45) is 6.73. The van der Waals surface area contributed by atoms with Gasteiger partial charge in [-0.2, -0.15) is 0 Å². The Morgan fingerprint density at radius 1 is 1.54 bits per heavy atom. The van der Waals surface area contributed by atoms with Crippen LogP contribution in [0.15, 0.2) is 23.8 Å². The standard InChI is InChI=1S/C10H17NO2/c1-3-4-5-7-11-8-6-9(2)10(12)13/h3-4,6,11H,5,7-8H2,1-2H3,(H,12,13)/b4-3+,9-6-. The first kappa shape index (κ1) is 11.9. The van der Waals surface area contributed by atoms with Crippen LogP contribution in [0.3, 0.4) is 0 Å². The molecule has 3 nitrogen and oxygen atoms in total. The molecule has 0 aliphatic carbocycles. The molecule has 2 N–H and O–H groups in total. The lowest BCUT2D eigenvalue weighted by Gasteiger charge is -1.98. The van der Waals surface area contributed by atoms with Crippen LogP contribution in [0.5, 0.6) is 0 Å². The Balaban J connectivity index is 3.44. The molecule has 0 saturated carbocycles. The zero-order chi connectivity index (χ0) is 10.1. The van der Waals surface area contributed by atoms with Gasteiger partial charge < -0.3 is 10.4 Å². The van der Waals surface area contributed by atoms with Crippen molar-refractivity contribution in [1.29, 1.82) is 0 Å². The van der Waals surface area contributed by atoms with Gasteiger partial charge in [-0.3, -0.25) is 0 Å². The third-order valence-corrected chi connectivity index (χ3v) is 1.61. The number of carboxylic acid groups (broad SMARTS) is 1. The molecule has 0 saturated heterocycles. The molecular weight excluding hydrogens is 166 g/mol. The second-order valence-corrected chi connectivity index (χ2v) is 2.75. The second-order valence-electron chi connectivity index (χ2n) is 2.75. The molecule has 3 heteroatoms. The lowest BCUT2D eigenvalue weighted by Crippen LogP contribution is -2.15. The molecule has 0 bridgehead atoms. The van der Waals surface area contributed by atoms with Gasteiger partial charge in [-0.05, 0) is 26.8 Å². The highest BCUT2D eigenvalue weighted by Gasteiger charge is 1.96. The lowest BCUT2D eigenvalue weighted by atomic mass is 10.3. The third-order valence-electron chi connectivity index (χ3n) is 1.61. The van der Waals surface area contributed by atoms with E-state index >= 15 is 0 Å². The smallest absolute Gasteiger partial charge is 0.330 e. The Hall–Kier alpha value is -1.09. The summed E-state index contributed by atoms with van der Waals surface area (Å²) in [7, 11) is 0. The van der Waals surface area contributed by atoms with Gasteiger partial charge in [-0.1, -0.05) is 18.2 Å². The Morgan fingerprint density at radius 2 is 2.23 bits per heavy atom. The van der Waals surface area contributed by atoms with E-state index in [-0.39, 0.29) is 0 Å². The molecule has 74 valence electrons. The van der Waals surface area contributed by atoms with E-state index in [2.05, 4.69) is 11.4 Å². The minimum absolute atomic E-state index is 0.388. The summed E-state index contributed by atoms with van der Waals surface area (Å²) in [5, 5.41) is 11.6. The van der Waals surface area contributed by atoms with Crippen molar-refractivity contribution in [2.45, 2.75) is 20.3 Å². The molecule has 0 heterocycles. The Bertz CT molecular complexity index is 207. The molecule has 0 spiro atoms. The van der Waals surface area contributed by atoms with Gasteiger partial charge in [0.1, 0.15) is 0 Å². The molecule has 0 atom stereocenters. The van der Waals surface area contributed by atoms with E-state index in [1.807, 2.05) is 13.0 Å². The summed E-state index contributed by atoms with van der Waals surface area (Å²) >= 11 is 0. The minimum atomic E-state index is -0.852. The molecule has 0 aromatic heterocycles. The highest BCUT2D eigenvalue weighted by molar-refractivity contribution is 5.85. The largest absolute Gasteiger partial charge is 0.478 e. The lowest BCUT2D eigenvalue weighted by molar-refractivity contribution is -0.132. The number of carboxylic acids is 1. The average molecular weight is 183 g/mol. The normalized spacial score (nSPS) is 12.3. The monoisotopic (exact) mass is 183 g/mol. The molecule has 0 aliphatic heterocycles. The van der Waals surface area contributed by atoms with Gasteiger partial charge in [0.25, 0.3) is 0 Å². The third kappa shape index (κ3) is 7.28.